The van der Waals surface area contributed by atoms with E-state index in [1.807, 2.05) is 0 Å². The molecule has 0 bridgehead atoms. The molecule has 0 radical (unpaired) electrons. The van der Waals surface area contributed by atoms with Gasteiger partial charge in [0, 0.05) is 0 Å². The van der Waals surface area contributed by atoms with Gasteiger partial charge in [-0.25, -0.2) is 15.0 Å². The fourth-order valence-corrected chi connectivity index (χ4v) is 1.64. The molecule has 0 fully saturated rings. The first-order valence-electron chi connectivity index (χ1n) is 3.44. The maximum Gasteiger partial charge on any atom is 0.263 e. The molecule has 0 spiro atoms. The van der Waals surface area contributed by atoms with E-state index in [1.165, 1.54) is 12.4 Å². The number of rotatable bonds is 0. The summed E-state index contributed by atoms with van der Waals surface area (Å²) in [6, 6.07) is 0. The molecule has 4 nitrogen and oxygen atoms in total. The molecule has 0 aromatic heterocycles. The number of allylic oxidation sites excluding steroid dienone is 1. The van der Waals surface area contributed by atoms with Crippen molar-refractivity contribution in [2.75, 3.05) is 0 Å². The number of aliphatic imine (C=N–C) groups is 3. The molecule has 1 amide bonds. The van der Waals surface area contributed by atoms with Crippen LogP contribution in [0, 0.1) is 5.92 Å². The van der Waals surface area contributed by atoms with E-state index in [4.69, 9.17) is 23.2 Å². The van der Waals surface area contributed by atoms with Crippen LogP contribution in [0.5, 0.6) is 0 Å². The first kappa shape index (κ1) is 8.59. The van der Waals surface area contributed by atoms with Gasteiger partial charge in [-0.05, 0) is 6.08 Å². The van der Waals surface area contributed by atoms with Crippen LogP contribution in [0.2, 0.25) is 0 Å². The van der Waals surface area contributed by atoms with Gasteiger partial charge in [0.25, 0.3) is 5.91 Å². The SMILES string of the molecule is O=C1N=CN=C2C=C(Cl)N=C(Cl)C12. The highest BCUT2D eigenvalue weighted by atomic mass is 35.5. The zero-order valence-corrected chi connectivity index (χ0v) is 7.75. The molecule has 0 N–H and O–H groups in total. The van der Waals surface area contributed by atoms with Gasteiger partial charge >= 0.3 is 0 Å². The Kier molecular flexibility index (Phi) is 2.01. The number of nitrogens with zero attached hydrogens (tertiary/aromatic N) is 3. The summed E-state index contributed by atoms with van der Waals surface area (Å²) in [7, 11) is 0. The van der Waals surface area contributed by atoms with Crippen LogP contribution in [0.25, 0.3) is 0 Å². The lowest BCUT2D eigenvalue weighted by atomic mass is 10.0. The second-order valence-corrected chi connectivity index (χ2v) is 3.25. The zero-order chi connectivity index (χ0) is 9.42. The van der Waals surface area contributed by atoms with Crippen molar-refractivity contribution in [2.24, 2.45) is 20.9 Å². The number of carbonyl (C=O) groups is 1. The molecular weight excluding hydrogens is 213 g/mol. The molecule has 2 aliphatic rings. The fourth-order valence-electron chi connectivity index (χ4n) is 1.09. The predicted octanol–water partition coefficient (Wildman–Crippen LogP) is 1.34. The first-order chi connectivity index (χ1) is 6.18. The summed E-state index contributed by atoms with van der Waals surface area (Å²) >= 11 is 11.4. The molecular formula is C7H3Cl2N3O. The van der Waals surface area contributed by atoms with E-state index < -0.39 is 5.92 Å². The Balaban J connectivity index is 2.50. The molecule has 2 aliphatic heterocycles. The number of fused-ring (bicyclic) bond motifs is 1. The van der Waals surface area contributed by atoms with Crippen LogP contribution in [-0.2, 0) is 4.79 Å². The van der Waals surface area contributed by atoms with Gasteiger partial charge in [0.2, 0.25) is 0 Å². The lowest BCUT2D eigenvalue weighted by molar-refractivity contribution is -0.118. The van der Waals surface area contributed by atoms with Gasteiger partial charge in [0.15, 0.2) is 0 Å². The van der Waals surface area contributed by atoms with Gasteiger partial charge in [0.05, 0.1) is 5.71 Å². The molecule has 13 heavy (non-hydrogen) atoms. The third kappa shape index (κ3) is 1.43. The molecule has 1 unspecified atom stereocenters. The second kappa shape index (κ2) is 3.05. The van der Waals surface area contributed by atoms with E-state index in [-0.39, 0.29) is 16.2 Å². The van der Waals surface area contributed by atoms with Crippen molar-refractivity contribution >= 4 is 46.3 Å². The molecule has 0 aromatic rings. The minimum absolute atomic E-state index is 0.119. The van der Waals surface area contributed by atoms with Gasteiger partial charge in [0.1, 0.15) is 22.6 Å². The van der Waals surface area contributed by atoms with Crippen LogP contribution in [0.15, 0.2) is 26.2 Å². The highest BCUT2D eigenvalue weighted by Gasteiger charge is 2.32. The van der Waals surface area contributed by atoms with Crippen molar-refractivity contribution < 1.29 is 4.79 Å². The van der Waals surface area contributed by atoms with Gasteiger partial charge in [-0.1, -0.05) is 23.2 Å². The molecule has 6 heteroatoms. The summed E-state index contributed by atoms with van der Waals surface area (Å²) in [5.74, 6) is -1.02. The lowest BCUT2D eigenvalue weighted by Gasteiger charge is -2.17. The summed E-state index contributed by atoms with van der Waals surface area (Å²) in [6.07, 6.45) is 2.69. The Bertz CT molecular complexity index is 395. The Labute approximate surface area is 83.7 Å². The predicted molar refractivity (Wildman–Crippen MR) is 51.6 cm³/mol. The summed E-state index contributed by atoms with van der Waals surface area (Å²) in [5, 5.41) is 0.344. The summed E-state index contributed by atoms with van der Waals surface area (Å²) in [4.78, 5) is 22.4. The smallest absolute Gasteiger partial charge is 0.263 e. The van der Waals surface area contributed by atoms with Crippen molar-refractivity contribution in [3.8, 4) is 0 Å². The highest BCUT2D eigenvalue weighted by molar-refractivity contribution is 6.71. The number of amides is 1. The van der Waals surface area contributed by atoms with Gasteiger partial charge < -0.3 is 0 Å². The van der Waals surface area contributed by atoms with Gasteiger partial charge in [-0.3, -0.25) is 4.79 Å². The summed E-state index contributed by atoms with van der Waals surface area (Å²) in [5.41, 5.74) is 0.491. The van der Waals surface area contributed by atoms with Gasteiger partial charge in [-0.15, -0.1) is 0 Å². The minimum Gasteiger partial charge on any atom is -0.271 e. The van der Waals surface area contributed by atoms with E-state index in [1.54, 1.807) is 0 Å². The molecule has 2 heterocycles. The van der Waals surface area contributed by atoms with E-state index in [0.717, 1.165) is 0 Å². The van der Waals surface area contributed by atoms with Crippen LogP contribution in [0.3, 0.4) is 0 Å². The first-order valence-corrected chi connectivity index (χ1v) is 4.19. The van der Waals surface area contributed by atoms with Crippen LogP contribution in [0.1, 0.15) is 0 Å². The van der Waals surface area contributed by atoms with Crippen LogP contribution >= 0.6 is 23.2 Å². The van der Waals surface area contributed by atoms with E-state index in [2.05, 4.69) is 15.0 Å². The minimum atomic E-state index is -0.658. The third-order valence-electron chi connectivity index (χ3n) is 1.65. The lowest BCUT2D eigenvalue weighted by Crippen LogP contribution is -2.31. The van der Waals surface area contributed by atoms with E-state index in [0.29, 0.717) is 5.71 Å². The van der Waals surface area contributed by atoms with Crippen molar-refractivity contribution in [3.63, 3.8) is 0 Å². The average molecular weight is 216 g/mol. The molecule has 0 saturated carbocycles. The van der Waals surface area contributed by atoms with Crippen LogP contribution < -0.4 is 0 Å². The molecule has 2 rings (SSSR count). The van der Waals surface area contributed by atoms with Crippen molar-refractivity contribution in [1.82, 2.24) is 0 Å². The van der Waals surface area contributed by atoms with E-state index >= 15 is 0 Å². The molecule has 0 saturated heterocycles. The van der Waals surface area contributed by atoms with Crippen molar-refractivity contribution in [3.05, 3.63) is 11.2 Å². The Hall–Kier alpha value is -1.00. The standard InChI is InChI=1S/C7H3Cl2N3O/c8-4-1-3-5(6(9)12-4)7(13)11-2-10-3/h1-2,5H. The largest absolute Gasteiger partial charge is 0.271 e. The van der Waals surface area contributed by atoms with Gasteiger partial charge in [-0.2, -0.15) is 0 Å². The Morgan fingerprint density at radius 1 is 1.38 bits per heavy atom. The molecule has 0 aromatic carbocycles. The summed E-state index contributed by atoms with van der Waals surface area (Å²) in [6.45, 7) is 0. The van der Waals surface area contributed by atoms with Crippen molar-refractivity contribution in [1.29, 1.82) is 0 Å². The molecule has 66 valence electrons. The highest BCUT2D eigenvalue weighted by Crippen LogP contribution is 2.22. The number of hydrogen-bond donors (Lipinski definition) is 0. The second-order valence-electron chi connectivity index (χ2n) is 2.47. The van der Waals surface area contributed by atoms with Crippen LogP contribution in [-0.4, -0.2) is 23.1 Å². The number of carbonyl (C=O) groups excluding carboxylic acids is 1. The summed E-state index contributed by atoms with van der Waals surface area (Å²) < 4.78 is 0. The number of halogens is 2. The van der Waals surface area contributed by atoms with E-state index in [9.17, 15) is 4.79 Å². The Morgan fingerprint density at radius 3 is 2.92 bits per heavy atom. The molecule has 1 atom stereocenters. The monoisotopic (exact) mass is 215 g/mol. The Morgan fingerprint density at radius 2 is 2.15 bits per heavy atom. The fraction of sp³-hybridized carbons (Fsp3) is 0.143. The molecule has 0 aliphatic carbocycles. The maximum absolute atomic E-state index is 11.2. The van der Waals surface area contributed by atoms with Crippen LogP contribution in [0.4, 0.5) is 0 Å². The third-order valence-corrected chi connectivity index (χ3v) is 2.15. The average Bonchev–Trinajstić information content (AvgIpc) is 2.02. The number of hydrogen-bond acceptors (Lipinski definition) is 3. The van der Waals surface area contributed by atoms with Crippen molar-refractivity contribution in [2.45, 2.75) is 0 Å². The quantitative estimate of drug-likeness (QED) is 0.563. The zero-order valence-electron chi connectivity index (χ0n) is 6.24. The topological polar surface area (TPSA) is 54.1 Å². The maximum atomic E-state index is 11.2. The normalized spacial score (nSPS) is 26.2.